The van der Waals surface area contributed by atoms with Crippen LogP contribution in [0.5, 0.6) is 0 Å². The quantitative estimate of drug-likeness (QED) is 0.822. The second-order valence-corrected chi connectivity index (χ2v) is 6.36. The number of rotatable bonds is 2. The van der Waals surface area contributed by atoms with E-state index in [2.05, 4.69) is 50.2 Å². The van der Waals surface area contributed by atoms with Gasteiger partial charge in [0.25, 0.3) is 0 Å². The minimum atomic E-state index is 0.153. The summed E-state index contributed by atoms with van der Waals surface area (Å²) in [6, 6.07) is 13.3. The van der Waals surface area contributed by atoms with E-state index >= 15 is 0 Å². The topological polar surface area (TPSA) is 26.0 Å². The Kier molecular flexibility index (Phi) is 3.10. The van der Waals surface area contributed by atoms with Crippen molar-refractivity contribution in [3.8, 4) is 0 Å². The summed E-state index contributed by atoms with van der Waals surface area (Å²) in [5, 5.41) is 2.68. The maximum absolute atomic E-state index is 6.65. The van der Waals surface area contributed by atoms with Gasteiger partial charge in [-0.2, -0.15) is 0 Å². The summed E-state index contributed by atoms with van der Waals surface area (Å²) >= 11 is 0. The third kappa shape index (κ3) is 2.06. The lowest BCUT2D eigenvalue weighted by Crippen LogP contribution is -2.29. The maximum Gasteiger partial charge on any atom is 0.0355 e. The molecule has 19 heavy (non-hydrogen) atoms. The molecular weight excluding hydrogens is 230 g/mol. The third-order valence-corrected chi connectivity index (χ3v) is 5.01. The molecular formula is C18H23N. The zero-order valence-electron chi connectivity index (χ0n) is 11.9. The molecule has 2 aromatic carbocycles. The van der Waals surface area contributed by atoms with Crippen molar-refractivity contribution in [3.05, 3.63) is 47.5 Å². The van der Waals surface area contributed by atoms with Crippen LogP contribution < -0.4 is 5.73 Å². The van der Waals surface area contributed by atoms with Crippen LogP contribution >= 0.6 is 0 Å². The van der Waals surface area contributed by atoms with Gasteiger partial charge in [0.05, 0.1) is 0 Å². The van der Waals surface area contributed by atoms with Crippen molar-refractivity contribution < 1.29 is 0 Å². The average molecular weight is 253 g/mol. The molecule has 0 spiro atoms. The molecule has 1 atom stereocenters. The number of fused-ring (bicyclic) bond motifs is 1. The second-order valence-electron chi connectivity index (χ2n) is 6.36. The Morgan fingerprint density at radius 2 is 1.63 bits per heavy atom. The maximum atomic E-state index is 6.65. The number of nitrogens with two attached hydrogens (primary N) is 1. The van der Waals surface area contributed by atoms with E-state index < -0.39 is 0 Å². The van der Waals surface area contributed by atoms with Gasteiger partial charge in [-0.1, -0.05) is 56.2 Å². The Morgan fingerprint density at radius 3 is 2.32 bits per heavy atom. The van der Waals surface area contributed by atoms with Crippen molar-refractivity contribution in [1.82, 2.24) is 0 Å². The molecule has 1 aliphatic carbocycles. The van der Waals surface area contributed by atoms with Crippen LogP contribution in [0.4, 0.5) is 0 Å². The van der Waals surface area contributed by atoms with Crippen LogP contribution in [0.1, 0.15) is 49.8 Å². The van der Waals surface area contributed by atoms with Crippen LogP contribution in [0.3, 0.4) is 0 Å². The zero-order chi connectivity index (χ0) is 13.5. The Balaban J connectivity index is 2.12. The Labute approximate surface area is 115 Å². The van der Waals surface area contributed by atoms with E-state index in [-0.39, 0.29) is 11.5 Å². The van der Waals surface area contributed by atoms with Gasteiger partial charge in [0, 0.05) is 6.04 Å². The molecule has 0 aromatic heterocycles. The molecule has 1 aliphatic rings. The molecule has 2 N–H and O–H groups in total. The van der Waals surface area contributed by atoms with Crippen LogP contribution in [0.15, 0.2) is 36.4 Å². The Bertz CT molecular complexity index is 594. The lowest BCUT2D eigenvalue weighted by molar-refractivity contribution is 0.267. The third-order valence-electron chi connectivity index (χ3n) is 5.01. The summed E-state index contributed by atoms with van der Waals surface area (Å²) in [6.07, 6.45) is 5.18. The van der Waals surface area contributed by atoms with Gasteiger partial charge in [-0.25, -0.2) is 0 Å². The number of hydrogen-bond acceptors (Lipinski definition) is 1. The number of hydrogen-bond donors (Lipinski definition) is 1. The van der Waals surface area contributed by atoms with E-state index in [1.807, 2.05) is 0 Å². The van der Waals surface area contributed by atoms with Gasteiger partial charge in [-0.15, -0.1) is 0 Å². The summed E-state index contributed by atoms with van der Waals surface area (Å²) in [5.74, 6) is 0. The molecule has 0 saturated heterocycles. The molecule has 1 heteroatoms. The van der Waals surface area contributed by atoms with Gasteiger partial charge in [-0.3, -0.25) is 0 Å². The summed E-state index contributed by atoms with van der Waals surface area (Å²) in [7, 11) is 0. The highest BCUT2D eigenvalue weighted by Gasteiger charge is 2.36. The first-order valence-electron chi connectivity index (χ1n) is 7.36. The smallest absolute Gasteiger partial charge is 0.0355 e. The molecule has 1 fully saturated rings. The monoisotopic (exact) mass is 253 g/mol. The van der Waals surface area contributed by atoms with E-state index in [0.29, 0.717) is 0 Å². The normalized spacial score (nSPS) is 19.7. The standard InChI is InChI=1S/C18H23N/c1-13-9-10-16(15-8-4-3-7-14(13)15)17(19)18(2)11-5-6-12-18/h3-4,7-10,17H,5-6,11-12,19H2,1-2H3. The van der Waals surface area contributed by atoms with Crippen molar-refractivity contribution >= 4 is 10.8 Å². The first-order chi connectivity index (χ1) is 9.12. The van der Waals surface area contributed by atoms with E-state index in [0.717, 1.165) is 0 Å². The summed E-state index contributed by atoms with van der Waals surface area (Å²) in [6.45, 7) is 4.54. The SMILES string of the molecule is Cc1ccc(C(N)C2(C)CCCC2)c2ccccc12. The minimum Gasteiger partial charge on any atom is -0.323 e. The molecule has 0 aliphatic heterocycles. The highest BCUT2D eigenvalue weighted by Crippen LogP contribution is 2.47. The van der Waals surface area contributed by atoms with Crippen molar-refractivity contribution in [2.24, 2.45) is 11.1 Å². The summed E-state index contributed by atoms with van der Waals surface area (Å²) in [4.78, 5) is 0. The summed E-state index contributed by atoms with van der Waals surface area (Å²) < 4.78 is 0. The first-order valence-corrected chi connectivity index (χ1v) is 7.36. The van der Waals surface area contributed by atoms with Crippen LogP contribution in [-0.2, 0) is 0 Å². The van der Waals surface area contributed by atoms with Crippen molar-refractivity contribution in [1.29, 1.82) is 0 Å². The van der Waals surface area contributed by atoms with Gasteiger partial charge in [0.2, 0.25) is 0 Å². The predicted molar refractivity (Wildman–Crippen MR) is 82.2 cm³/mol. The van der Waals surface area contributed by atoms with Gasteiger partial charge in [-0.05, 0) is 47.1 Å². The van der Waals surface area contributed by atoms with E-state index in [9.17, 15) is 0 Å². The largest absolute Gasteiger partial charge is 0.323 e. The summed E-state index contributed by atoms with van der Waals surface area (Å²) in [5.41, 5.74) is 9.59. The van der Waals surface area contributed by atoms with Crippen molar-refractivity contribution in [3.63, 3.8) is 0 Å². The Morgan fingerprint density at radius 1 is 1.00 bits per heavy atom. The molecule has 1 unspecified atom stereocenters. The molecule has 2 aromatic rings. The van der Waals surface area contributed by atoms with Crippen LogP contribution in [0.25, 0.3) is 10.8 Å². The van der Waals surface area contributed by atoms with Crippen LogP contribution in [-0.4, -0.2) is 0 Å². The molecule has 1 saturated carbocycles. The van der Waals surface area contributed by atoms with Gasteiger partial charge in [0.1, 0.15) is 0 Å². The van der Waals surface area contributed by atoms with Crippen LogP contribution in [0, 0.1) is 12.3 Å². The van der Waals surface area contributed by atoms with Crippen LogP contribution in [0.2, 0.25) is 0 Å². The lowest BCUT2D eigenvalue weighted by Gasteiger charge is -2.32. The van der Waals surface area contributed by atoms with Gasteiger partial charge in [0.15, 0.2) is 0 Å². The fraction of sp³-hybridized carbons (Fsp3) is 0.444. The Hall–Kier alpha value is -1.34. The first kappa shape index (κ1) is 12.7. The van der Waals surface area contributed by atoms with E-state index in [1.165, 1.54) is 47.6 Å². The van der Waals surface area contributed by atoms with Crippen molar-refractivity contribution in [2.75, 3.05) is 0 Å². The molecule has 0 radical (unpaired) electrons. The fourth-order valence-corrected chi connectivity index (χ4v) is 3.61. The lowest BCUT2D eigenvalue weighted by atomic mass is 9.76. The molecule has 0 amide bonds. The zero-order valence-corrected chi connectivity index (χ0v) is 11.9. The minimum absolute atomic E-state index is 0.153. The van der Waals surface area contributed by atoms with E-state index in [1.54, 1.807) is 0 Å². The predicted octanol–water partition coefficient (Wildman–Crippen LogP) is 4.73. The molecule has 3 rings (SSSR count). The second kappa shape index (κ2) is 4.64. The van der Waals surface area contributed by atoms with Crippen molar-refractivity contribution in [2.45, 2.75) is 45.6 Å². The molecule has 1 nitrogen and oxygen atoms in total. The number of benzene rings is 2. The molecule has 100 valence electrons. The van der Waals surface area contributed by atoms with E-state index in [4.69, 9.17) is 5.73 Å². The van der Waals surface area contributed by atoms with Gasteiger partial charge >= 0.3 is 0 Å². The molecule has 0 bridgehead atoms. The fourth-order valence-electron chi connectivity index (χ4n) is 3.61. The highest BCUT2D eigenvalue weighted by molar-refractivity contribution is 5.89. The highest BCUT2D eigenvalue weighted by atomic mass is 14.7. The molecule has 0 heterocycles. The average Bonchev–Trinajstić information content (AvgIpc) is 2.87. The van der Waals surface area contributed by atoms with Gasteiger partial charge < -0.3 is 5.73 Å². The number of aryl methyl sites for hydroxylation is 1.